The second-order valence-electron chi connectivity index (χ2n) is 5.15. The number of hydrogen-bond acceptors (Lipinski definition) is 3. The van der Waals surface area contributed by atoms with Gasteiger partial charge in [0, 0.05) is 17.9 Å². The average Bonchev–Trinajstić information content (AvgIpc) is 2.79. The van der Waals surface area contributed by atoms with Crippen LogP contribution >= 0.6 is 15.9 Å². The Labute approximate surface area is 115 Å². The summed E-state index contributed by atoms with van der Waals surface area (Å²) in [7, 11) is 0. The third kappa shape index (κ3) is 2.00. The van der Waals surface area contributed by atoms with Gasteiger partial charge in [0.2, 0.25) is 0 Å². The van der Waals surface area contributed by atoms with Gasteiger partial charge in [0.25, 0.3) is 0 Å². The zero-order valence-corrected chi connectivity index (χ0v) is 12.3. The number of anilines is 1. The molecule has 2 aromatic rings. The molecule has 96 valence electrons. The van der Waals surface area contributed by atoms with Crippen molar-refractivity contribution in [2.24, 2.45) is 5.92 Å². The Morgan fingerprint density at radius 1 is 1.39 bits per heavy atom. The predicted octanol–water partition coefficient (Wildman–Crippen LogP) is 2.65. The van der Waals surface area contributed by atoms with Crippen LogP contribution < -0.4 is 4.90 Å². The molecule has 4 nitrogen and oxygen atoms in total. The number of alkyl halides is 1. The normalized spacial score (nSPS) is 24.7. The van der Waals surface area contributed by atoms with E-state index in [4.69, 9.17) is 0 Å². The van der Waals surface area contributed by atoms with Crippen molar-refractivity contribution in [3.05, 3.63) is 24.0 Å². The van der Waals surface area contributed by atoms with E-state index in [1.807, 2.05) is 4.52 Å². The lowest BCUT2D eigenvalue weighted by molar-refractivity contribution is 0.461. The maximum Gasteiger partial charge on any atom is 0.157 e. The molecule has 1 aliphatic heterocycles. The molecule has 1 aliphatic rings. The van der Waals surface area contributed by atoms with Gasteiger partial charge in [0.15, 0.2) is 5.65 Å². The van der Waals surface area contributed by atoms with E-state index in [9.17, 15) is 0 Å². The first kappa shape index (κ1) is 12.0. The lowest BCUT2D eigenvalue weighted by Crippen LogP contribution is -2.40. The molecule has 1 saturated heterocycles. The van der Waals surface area contributed by atoms with Crippen LogP contribution in [0.3, 0.4) is 0 Å². The Balaban J connectivity index is 2.01. The fourth-order valence-electron chi connectivity index (χ4n) is 2.59. The number of hydrogen-bond donors (Lipinski definition) is 0. The van der Waals surface area contributed by atoms with E-state index in [2.05, 4.69) is 56.9 Å². The first-order valence-corrected chi connectivity index (χ1v) is 7.26. The number of halogens is 1. The van der Waals surface area contributed by atoms with Crippen LogP contribution in [0.4, 0.5) is 5.82 Å². The molecule has 0 N–H and O–H groups in total. The molecule has 0 radical (unpaired) electrons. The summed E-state index contributed by atoms with van der Waals surface area (Å²) < 4.78 is 1.94. The Bertz CT molecular complexity index is 565. The molecule has 0 spiro atoms. The average molecular weight is 309 g/mol. The zero-order valence-electron chi connectivity index (χ0n) is 10.7. The van der Waals surface area contributed by atoms with Gasteiger partial charge in [0.1, 0.15) is 12.1 Å². The van der Waals surface area contributed by atoms with Gasteiger partial charge < -0.3 is 4.90 Å². The third-order valence-electron chi connectivity index (χ3n) is 3.63. The van der Waals surface area contributed by atoms with E-state index in [1.165, 1.54) is 12.0 Å². The van der Waals surface area contributed by atoms with Crippen molar-refractivity contribution in [3.63, 3.8) is 0 Å². The highest BCUT2D eigenvalue weighted by molar-refractivity contribution is 9.09. The van der Waals surface area contributed by atoms with Crippen molar-refractivity contribution in [1.29, 1.82) is 0 Å². The van der Waals surface area contributed by atoms with E-state index in [0.29, 0.717) is 10.7 Å². The summed E-state index contributed by atoms with van der Waals surface area (Å²) in [5, 5.41) is 4.33. The first-order valence-electron chi connectivity index (χ1n) is 6.34. The van der Waals surface area contributed by atoms with Gasteiger partial charge in [-0.3, -0.25) is 0 Å². The van der Waals surface area contributed by atoms with Gasteiger partial charge in [0.05, 0.1) is 0 Å². The molecule has 3 rings (SSSR count). The second kappa shape index (κ2) is 4.53. The molecule has 1 fully saturated rings. The highest BCUT2D eigenvalue weighted by Crippen LogP contribution is 2.28. The molecule has 2 unspecified atom stereocenters. The molecular weight excluding hydrogens is 292 g/mol. The van der Waals surface area contributed by atoms with Crippen molar-refractivity contribution < 1.29 is 0 Å². The lowest BCUT2D eigenvalue weighted by atomic mass is 10.00. The molecule has 0 aromatic carbocycles. The Kier molecular flexibility index (Phi) is 3.01. The Hall–Kier alpha value is -1.10. The molecule has 3 heterocycles. The lowest BCUT2D eigenvalue weighted by Gasteiger charge is -2.35. The topological polar surface area (TPSA) is 33.4 Å². The maximum absolute atomic E-state index is 4.33. The summed E-state index contributed by atoms with van der Waals surface area (Å²) in [6, 6.07) is 4.26. The van der Waals surface area contributed by atoms with Crippen molar-refractivity contribution in [2.75, 3.05) is 18.0 Å². The highest BCUT2D eigenvalue weighted by Gasteiger charge is 2.25. The van der Waals surface area contributed by atoms with Gasteiger partial charge in [-0.05, 0) is 37.0 Å². The van der Waals surface area contributed by atoms with Crippen LogP contribution in [0, 0.1) is 12.8 Å². The number of nitrogens with zero attached hydrogens (tertiary/aromatic N) is 4. The van der Waals surface area contributed by atoms with E-state index >= 15 is 0 Å². The highest BCUT2D eigenvalue weighted by atomic mass is 79.9. The van der Waals surface area contributed by atoms with Crippen LogP contribution in [0.1, 0.15) is 18.9 Å². The first-order chi connectivity index (χ1) is 8.65. The molecular formula is C13H17BrN4. The van der Waals surface area contributed by atoms with Gasteiger partial charge in [-0.15, -0.1) is 0 Å². The molecule has 5 heteroatoms. The molecule has 0 amide bonds. The smallest absolute Gasteiger partial charge is 0.157 e. The predicted molar refractivity (Wildman–Crippen MR) is 76.4 cm³/mol. The minimum Gasteiger partial charge on any atom is -0.356 e. The SMILES string of the molecule is Cc1cc(N2CCC(Br)C(C)C2)n2ncnc2c1. The Morgan fingerprint density at radius 2 is 2.22 bits per heavy atom. The van der Waals surface area contributed by atoms with Crippen LogP contribution in [-0.2, 0) is 0 Å². The summed E-state index contributed by atoms with van der Waals surface area (Å²) in [4.78, 5) is 7.33. The molecule has 0 bridgehead atoms. The number of rotatable bonds is 1. The van der Waals surface area contributed by atoms with Gasteiger partial charge in [-0.1, -0.05) is 22.9 Å². The number of piperidine rings is 1. The van der Waals surface area contributed by atoms with E-state index in [1.54, 1.807) is 6.33 Å². The van der Waals surface area contributed by atoms with Crippen molar-refractivity contribution >= 4 is 27.4 Å². The van der Waals surface area contributed by atoms with Gasteiger partial charge in [-0.25, -0.2) is 4.98 Å². The summed E-state index contributed by atoms with van der Waals surface area (Å²) in [5.74, 6) is 1.81. The Morgan fingerprint density at radius 3 is 3.00 bits per heavy atom. The molecule has 0 saturated carbocycles. The number of pyridine rings is 1. The molecule has 18 heavy (non-hydrogen) atoms. The van der Waals surface area contributed by atoms with Crippen LogP contribution in [0.2, 0.25) is 0 Å². The largest absolute Gasteiger partial charge is 0.356 e. The minimum absolute atomic E-state index is 0.629. The number of aromatic nitrogens is 3. The summed E-state index contributed by atoms with van der Waals surface area (Å²) in [6.45, 7) is 6.53. The number of aryl methyl sites for hydroxylation is 1. The molecule has 0 aliphatic carbocycles. The summed E-state index contributed by atoms with van der Waals surface area (Å²) in [6.07, 6.45) is 2.80. The van der Waals surface area contributed by atoms with E-state index < -0.39 is 0 Å². The summed E-state index contributed by atoms with van der Waals surface area (Å²) >= 11 is 3.75. The minimum atomic E-state index is 0.629. The quantitative estimate of drug-likeness (QED) is 0.759. The van der Waals surface area contributed by atoms with Crippen LogP contribution in [0.5, 0.6) is 0 Å². The fourth-order valence-corrected chi connectivity index (χ4v) is 2.96. The van der Waals surface area contributed by atoms with Crippen molar-refractivity contribution in [3.8, 4) is 0 Å². The maximum atomic E-state index is 4.33. The second-order valence-corrected chi connectivity index (χ2v) is 6.33. The van der Waals surface area contributed by atoms with Crippen LogP contribution in [0.25, 0.3) is 5.65 Å². The van der Waals surface area contributed by atoms with Crippen LogP contribution in [0.15, 0.2) is 18.5 Å². The van der Waals surface area contributed by atoms with Gasteiger partial charge >= 0.3 is 0 Å². The summed E-state index contributed by atoms with van der Waals surface area (Å²) in [5.41, 5.74) is 2.16. The monoisotopic (exact) mass is 308 g/mol. The number of fused-ring (bicyclic) bond motifs is 1. The van der Waals surface area contributed by atoms with Crippen molar-refractivity contribution in [2.45, 2.75) is 25.1 Å². The third-order valence-corrected chi connectivity index (χ3v) is 4.99. The molecule has 2 atom stereocenters. The van der Waals surface area contributed by atoms with Crippen LogP contribution in [-0.4, -0.2) is 32.5 Å². The van der Waals surface area contributed by atoms with Crippen molar-refractivity contribution in [1.82, 2.24) is 14.6 Å². The zero-order chi connectivity index (χ0) is 12.7. The fraction of sp³-hybridized carbons (Fsp3) is 0.538. The van der Waals surface area contributed by atoms with E-state index in [-0.39, 0.29) is 0 Å². The molecule has 2 aromatic heterocycles. The standard InChI is InChI=1S/C13H17BrN4/c1-9-5-12-15-8-16-18(12)13(6-9)17-4-3-11(14)10(2)7-17/h5-6,8,10-11H,3-4,7H2,1-2H3. The van der Waals surface area contributed by atoms with Gasteiger partial charge in [-0.2, -0.15) is 9.61 Å². The van der Waals surface area contributed by atoms with E-state index in [0.717, 1.165) is 24.6 Å².